The Labute approximate surface area is 72.9 Å². The van der Waals surface area contributed by atoms with Crippen molar-refractivity contribution in [3.63, 3.8) is 0 Å². The Morgan fingerprint density at radius 1 is 1.50 bits per heavy atom. The van der Waals surface area contributed by atoms with Crippen molar-refractivity contribution < 1.29 is 0 Å². The summed E-state index contributed by atoms with van der Waals surface area (Å²) in [6.07, 6.45) is 4.99. The molecule has 1 aromatic rings. The van der Waals surface area contributed by atoms with Crippen LogP contribution in [0.3, 0.4) is 0 Å². The van der Waals surface area contributed by atoms with Crippen LogP contribution in [-0.2, 0) is 6.42 Å². The second-order valence-corrected chi connectivity index (χ2v) is 2.75. The summed E-state index contributed by atoms with van der Waals surface area (Å²) in [7, 11) is 0. The van der Waals surface area contributed by atoms with E-state index in [0.717, 1.165) is 12.1 Å². The van der Waals surface area contributed by atoms with E-state index in [9.17, 15) is 0 Å². The molecule has 0 aliphatic heterocycles. The van der Waals surface area contributed by atoms with Crippen LogP contribution in [0.15, 0.2) is 18.3 Å². The maximum Gasteiger partial charge on any atom is 0.101 e. The summed E-state index contributed by atoms with van der Waals surface area (Å²) in [4.78, 5) is 4.16. The highest BCUT2D eigenvalue weighted by Gasteiger charge is 1.93. The van der Waals surface area contributed by atoms with Crippen LogP contribution in [0.4, 0.5) is 0 Å². The number of nitriles is 1. The van der Waals surface area contributed by atoms with Crippen LogP contribution in [-0.4, -0.2) is 4.98 Å². The lowest BCUT2D eigenvalue weighted by molar-refractivity contribution is 0.776. The highest BCUT2D eigenvalue weighted by Crippen LogP contribution is 2.02. The van der Waals surface area contributed by atoms with Gasteiger partial charge in [-0.25, -0.2) is 0 Å². The van der Waals surface area contributed by atoms with Crippen LogP contribution in [0.1, 0.15) is 31.0 Å². The minimum atomic E-state index is 0.634. The fourth-order valence-corrected chi connectivity index (χ4v) is 0.996. The van der Waals surface area contributed by atoms with Gasteiger partial charge in [-0.1, -0.05) is 13.3 Å². The van der Waals surface area contributed by atoms with Crippen LogP contribution in [0.2, 0.25) is 0 Å². The van der Waals surface area contributed by atoms with E-state index in [1.54, 1.807) is 6.20 Å². The molecule has 62 valence electrons. The van der Waals surface area contributed by atoms with E-state index in [2.05, 4.69) is 11.9 Å². The highest BCUT2D eigenvalue weighted by molar-refractivity contribution is 5.26. The molecule has 0 aliphatic rings. The predicted molar refractivity (Wildman–Crippen MR) is 47.6 cm³/mol. The van der Waals surface area contributed by atoms with Gasteiger partial charge in [0, 0.05) is 11.9 Å². The lowest BCUT2D eigenvalue weighted by Crippen LogP contribution is -1.89. The Bertz CT molecular complexity index is 269. The first-order chi connectivity index (χ1) is 5.86. The molecule has 0 spiro atoms. The quantitative estimate of drug-likeness (QED) is 0.680. The average molecular weight is 160 g/mol. The largest absolute Gasteiger partial charge is 0.260 e. The van der Waals surface area contributed by atoms with E-state index in [1.165, 1.54) is 12.8 Å². The number of hydrogen-bond acceptors (Lipinski definition) is 2. The van der Waals surface area contributed by atoms with Gasteiger partial charge in [0.05, 0.1) is 5.56 Å². The van der Waals surface area contributed by atoms with E-state index >= 15 is 0 Å². The molecule has 0 fully saturated rings. The zero-order chi connectivity index (χ0) is 8.81. The van der Waals surface area contributed by atoms with Crippen LogP contribution in [0.25, 0.3) is 0 Å². The van der Waals surface area contributed by atoms with Gasteiger partial charge in [0.2, 0.25) is 0 Å². The molecule has 0 unspecified atom stereocenters. The molecule has 12 heavy (non-hydrogen) atoms. The highest BCUT2D eigenvalue weighted by atomic mass is 14.7. The zero-order valence-corrected chi connectivity index (χ0v) is 7.25. The maximum atomic E-state index is 8.51. The van der Waals surface area contributed by atoms with Gasteiger partial charge in [-0.3, -0.25) is 4.98 Å². The summed E-state index contributed by atoms with van der Waals surface area (Å²) >= 11 is 0. The first kappa shape index (κ1) is 8.73. The third kappa shape index (κ3) is 2.35. The summed E-state index contributed by atoms with van der Waals surface area (Å²) in [6, 6.07) is 5.79. The van der Waals surface area contributed by atoms with Crippen molar-refractivity contribution in [2.24, 2.45) is 0 Å². The Balaban J connectivity index is 2.60. The molecule has 0 atom stereocenters. The summed E-state index contributed by atoms with van der Waals surface area (Å²) in [6.45, 7) is 2.16. The molecule has 0 saturated carbocycles. The van der Waals surface area contributed by atoms with Crippen molar-refractivity contribution in [2.75, 3.05) is 0 Å². The van der Waals surface area contributed by atoms with Gasteiger partial charge in [-0.2, -0.15) is 5.26 Å². The molecule has 0 amide bonds. The lowest BCUT2D eigenvalue weighted by Gasteiger charge is -1.97. The van der Waals surface area contributed by atoms with E-state index < -0.39 is 0 Å². The molecule has 0 N–H and O–H groups in total. The summed E-state index contributed by atoms with van der Waals surface area (Å²) < 4.78 is 0. The number of aryl methyl sites for hydroxylation is 1. The van der Waals surface area contributed by atoms with E-state index in [-0.39, 0.29) is 0 Å². The van der Waals surface area contributed by atoms with Gasteiger partial charge >= 0.3 is 0 Å². The summed E-state index contributed by atoms with van der Waals surface area (Å²) in [5.41, 5.74) is 1.71. The molecule has 1 rings (SSSR count). The number of pyridine rings is 1. The van der Waals surface area contributed by atoms with E-state index in [0.29, 0.717) is 5.56 Å². The molecule has 0 aliphatic carbocycles. The molecule has 0 saturated heterocycles. The number of rotatable bonds is 3. The topological polar surface area (TPSA) is 36.7 Å². The number of unbranched alkanes of at least 4 members (excludes halogenated alkanes) is 1. The molecular formula is C10H12N2. The second kappa shape index (κ2) is 4.50. The minimum Gasteiger partial charge on any atom is -0.260 e. The fraction of sp³-hybridized carbons (Fsp3) is 0.400. The lowest BCUT2D eigenvalue weighted by atomic mass is 10.2. The Morgan fingerprint density at radius 3 is 2.83 bits per heavy atom. The first-order valence-electron chi connectivity index (χ1n) is 4.22. The predicted octanol–water partition coefficient (Wildman–Crippen LogP) is 2.30. The van der Waals surface area contributed by atoms with Crippen molar-refractivity contribution in [1.82, 2.24) is 4.98 Å². The van der Waals surface area contributed by atoms with Gasteiger partial charge < -0.3 is 0 Å². The third-order valence-corrected chi connectivity index (χ3v) is 1.74. The van der Waals surface area contributed by atoms with Gasteiger partial charge in [0.25, 0.3) is 0 Å². The fourth-order valence-electron chi connectivity index (χ4n) is 0.996. The Hall–Kier alpha value is -1.36. The van der Waals surface area contributed by atoms with E-state index in [1.807, 2.05) is 18.2 Å². The van der Waals surface area contributed by atoms with Gasteiger partial charge in [0.15, 0.2) is 0 Å². The smallest absolute Gasteiger partial charge is 0.101 e. The number of nitrogens with zero attached hydrogens (tertiary/aromatic N) is 2. The molecule has 0 aromatic carbocycles. The van der Waals surface area contributed by atoms with Crippen molar-refractivity contribution in [3.05, 3.63) is 29.6 Å². The van der Waals surface area contributed by atoms with Crippen LogP contribution in [0, 0.1) is 11.3 Å². The minimum absolute atomic E-state index is 0.634. The SMILES string of the molecule is CCCCc1ccc(C#N)cn1. The van der Waals surface area contributed by atoms with Crippen LogP contribution in [0.5, 0.6) is 0 Å². The van der Waals surface area contributed by atoms with Crippen LogP contribution >= 0.6 is 0 Å². The number of aromatic nitrogens is 1. The van der Waals surface area contributed by atoms with Crippen molar-refractivity contribution >= 4 is 0 Å². The molecule has 0 radical (unpaired) electrons. The van der Waals surface area contributed by atoms with Gasteiger partial charge in [-0.05, 0) is 25.0 Å². The third-order valence-electron chi connectivity index (χ3n) is 1.74. The Morgan fingerprint density at radius 2 is 2.33 bits per heavy atom. The molecular weight excluding hydrogens is 148 g/mol. The molecule has 1 aromatic heterocycles. The van der Waals surface area contributed by atoms with Crippen LogP contribution < -0.4 is 0 Å². The maximum absolute atomic E-state index is 8.51. The van der Waals surface area contributed by atoms with Crippen molar-refractivity contribution in [1.29, 1.82) is 5.26 Å². The van der Waals surface area contributed by atoms with Crippen molar-refractivity contribution in [2.45, 2.75) is 26.2 Å². The van der Waals surface area contributed by atoms with Crippen molar-refractivity contribution in [3.8, 4) is 6.07 Å². The molecule has 2 nitrogen and oxygen atoms in total. The average Bonchev–Trinajstić information content (AvgIpc) is 2.15. The first-order valence-corrected chi connectivity index (χ1v) is 4.22. The van der Waals surface area contributed by atoms with Gasteiger partial charge in [-0.15, -0.1) is 0 Å². The molecule has 1 heterocycles. The zero-order valence-electron chi connectivity index (χ0n) is 7.25. The summed E-state index contributed by atoms with van der Waals surface area (Å²) in [5, 5.41) is 8.51. The summed E-state index contributed by atoms with van der Waals surface area (Å²) in [5.74, 6) is 0. The Kier molecular flexibility index (Phi) is 3.28. The second-order valence-electron chi connectivity index (χ2n) is 2.75. The monoisotopic (exact) mass is 160 g/mol. The molecule has 2 heteroatoms. The standard InChI is InChI=1S/C10H12N2/c1-2-3-4-10-6-5-9(7-11)8-12-10/h5-6,8H,2-4H2,1H3. The normalized spacial score (nSPS) is 9.33. The van der Waals surface area contributed by atoms with Gasteiger partial charge in [0.1, 0.15) is 6.07 Å². The number of hydrogen-bond donors (Lipinski definition) is 0. The molecule has 0 bridgehead atoms. The van der Waals surface area contributed by atoms with E-state index in [4.69, 9.17) is 5.26 Å².